The molecule has 4 rings (SSSR count). The highest BCUT2D eigenvalue weighted by atomic mass is 35.5. The first-order valence-corrected chi connectivity index (χ1v) is 8.36. The molecule has 2 aromatic carbocycles. The van der Waals surface area contributed by atoms with Gasteiger partial charge in [-0.3, -0.25) is 9.48 Å². The number of carbonyl (C=O) groups is 1. The minimum atomic E-state index is 0.273. The van der Waals surface area contributed by atoms with Gasteiger partial charge in [-0.15, -0.1) is 0 Å². The lowest BCUT2D eigenvalue weighted by Crippen LogP contribution is -2.02. The van der Waals surface area contributed by atoms with Gasteiger partial charge in [-0.25, -0.2) is 0 Å². The molecular weight excluding hydrogens is 359 g/mol. The zero-order valence-electron chi connectivity index (χ0n) is 12.9. The highest BCUT2D eigenvalue weighted by Gasteiger charge is 2.16. The molecule has 0 radical (unpaired) electrons. The highest BCUT2D eigenvalue weighted by molar-refractivity contribution is 6.35. The van der Waals surface area contributed by atoms with Gasteiger partial charge in [0.25, 0.3) is 0 Å². The predicted octanol–water partition coefficient (Wildman–Crippen LogP) is 5.46. The SMILES string of the molecule is O=Cc1ccc(-c2nn(Cc3ccc(Cl)cc3Cl)c3ccccc23)o1. The number of carbonyl (C=O) groups excluding carboxylic acids is 1. The summed E-state index contributed by atoms with van der Waals surface area (Å²) in [5.41, 5.74) is 2.56. The molecule has 124 valence electrons. The Balaban J connectivity index is 1.83. The van der Waals surface area contributed by atoms with E-state index in [0.29, 0.717) is 34.3 Å². The second-order valence-electron chi connectivity index (χ2n) is 5.58. The average Bonchev–Trinajstić information content (AvgIpc) is 3.22. The van der Waals surface area contributed by atoms with Crippen molar-refractivity contribution in [2.24, 2.45) is 0 Å². The Hall–Kier alpha value is -2.56. The molecule has 2 heterocycles. The van der Waals surface area contributed by atoms with E-state index in [-0.39, 0.29) is 5.76 Å². The molecule has 0 spiro atoms. The minimum absolute atomic E-state index is 0.273. The molecule has 0 saturated carbocycles. The first-order valence-electron chi connectivity index (χ1n) is 7.60. The van der Waals surface area contributed by atoms with E-state index in [1.165, 1.54) is 0 Å². The number of aromatic nitrogens is 2. The molecule has 0 aliphatic heterocycles. The van der Waals surface area contributed by atoms with Crippen molar-refractivity contribution in [3.8, 4) is 11.5 Å². The van der Waals surface area contributed by atoms with Crippen LogP contribution >= 0.6 is 23.2 Å². The lowest BCUT2D eigenvalue weighted by molar-refractivity contribution is 0.110. The number of halogens is 2. The Morgan fingerprint density at radius 2 is 1.92 bits per heavy atom. The fourth-order valence-corrected chi connectivity index (χ4v) is 3.25. The van der Waals surface area contributed by atoms with Crippen LogP contribution in [0.2, 0.25) is 10.0 Å². The van der Waals surface area contributed by atoms with E-state index in [1.54, 1.807) is 24.3 Å². The van der Waals surface area contributed by atoms with E-state index >= 15 is 0 Å². The number of benzene rings is 2. The molecule has 0 saturated heterocycles. The molecular formula is C19H12Cl2N2O2. The van der Waals surface area contributed by atoms with Crippen molar-refractivity contribution >= 4 is 40.4 Å². The van der Waals surface area contributed by atoms with E-state index in [4.69, 9.17) is 27.6 Å². The van der Waals surface area contributed by atoms with E-state index in [1.807, 2.05) is 35.0 Å². The number of rotatable bonds is 4. The number of para-hydroxylation sites is 1. The molecule has 6 heteroatoms. The van der Waals surface area contributed by atoms with Crippen molar-refractivity contribution in [1.82, 2.24) is 9.78 Å². The van der Waals surface area contributed by atoms with Gasteiger partial charge in [-0.05, 0) is 35.9 Å². The summed E-state index contributed by atoms with van der Waals surface area (Å²) in [6.07, 6.45) is 0.677. The maximum atomic E-state index is 10.9. The van der Waals surface area contributed by atoms with Gasteiger partial charge >= 0.3 is 0 Å². The van der Waals surface area contributed by atoms with E-state index < -0.39 is 0 Å². The minimum Gasteiger partial charge on any atom is -0.452 e. The summed E-state index contributed by atoms with van der Waals surface area (Å²) in [7, 11) is 0. The molecule has 0 fully saturated rings. The molecule has 4 nitrogen and oxygen atoms in total. The van der Waals surface area contributed by atoms with Crippen LogP contribution in [0.15, 0.2) is 59.0 Å². The first kappa shape index (κ1) is 15.9. The van der Waals surface area contributed by atoms with Crippen molar-refractivity contribution in [2.45, 2.75) is 6.54 Å². The van der Waals surface area contributed by atoms with Crippen LogP contribution in [0.4, 0.5) is 0 Å². The van der Waals surface area contributed by atoms with Crippen molar-refractivity contribution < 1.29 is 9.21 Å². The Labute approximate surface area is 153 Å². The van der Waals surface area contributed by atoms with Crippen LogP contribution in [0.25, 0.3) is 22.4 Å². The van der Waals surface area contributed by atoms with Crippen LogP contribution in [0.5, 0.6) is 0 Å². The number of hydrogen-bond acceptors (Lipinski definition) is 3. The molecule has 25 heavy (non-hydrogen) atoms. The topological polar surface area (TPSA) is 48.0 Å². The zero-order valence-corrected chi connectivity index (χ0v) is 14.5. The van der Waals surface area contributed by atoms with Crippen LogP contribution in [0.1, 0.15) is 16.1 Å². The Morgan fingerprint density at radius 3 is 2.68 bits per heavy atom. The normalized spacial score (nSPS) is 11.1. The summed E-state index contributed by atoms with van der Waals surface area (Å²) in [4.78, 5) is 10.9. The Kier molecular flexibility index (Phi) is 4.07. The van der Waals surface area contributed by atoms with Gasteiger partial charge in [0.2, 0.25) is 0 Å². The smallest absolute Gasteiger partial charge is 0.185 e. The first-order chi connectivity index (χ1) is 12.2. The van der Waals surface area contributed by atoms with Crippen LogP contribution in [-0.4, -0.2) is 16.1 Å². The monoisotopic (exact) mass is 370 g/mol. The molecule has 0 bridgehead atoms. The number of fused-ring (bicyclic) bond motifs is 1. The van der Waals surface area contributed by atoms with Crippen molar-refractivity contribution in [3.05, 3.63) is 76.0 Å². The van der Waals surface area contributed by atoms with Crippen molar-refractivity contribution in [1.29, 1.82) is 0 Å². The van der Waals surface area contributed by atoms with Gasteiger partial charge in [-0.1, -0.05) is 47.5 Å². The quantitative estimate of drug-likeness (QED) is 0.447. The number of furan rings is 1. The van der Waals surface area contributed by atoms with Gasteiger partial charge in [0.05, 0.1) is 12.1 Å². The summed E-state index contributed by atoms with van der Waals surface area (Å²) >= 11 is 12.3. The highest BCUT2D eigenvalue weighted by Crippen LogP contribution is 2.30. The Bertz CT molecular complexity index is 1080. The maximum Gasteiger partial charge on any atom is 0.185 e. The number of nitrogens with zero attached hydrogens (tertiary/aromatic N) is 2. The van der Waals surface area contributed by atoms with Crippen molar-refractivity contribution in [3.63, 3.8) is 0 Å². The number of aldehydes is 1. The van der Waals surface area contributed by atoms with Crippen LogP contribution in [0.3, 0.4) is 0 Å². The lowest BCUT2D eigenvalue weighted by atomic mass is 10.2. The van der Waals surface area contributed by atoms with Gasteiger partial charge in [0.15, 0.2) is 17.8 Å². The fraction of sp³-hybridized carbons (Fsp3) is 0.0526. The van der Waals surface area contributed by atoms with Gasteiger partial charge in [0.1, 0.15) is 5.69 Å². The summed E-state index contributed by atoms with van der Waals surface area (Å²) in [5.74, 6) is 0.827. The fourth-order valence-electron chi connectivity index (χ4n) is 2.78. The summed E-state index contributed by atoms with van der Waals surface area (Å²) < 4.78 is 7.41. The van der Waals surface area contributed by atoms with E-state index in [0.717, 1.165) is 16.5 Å². The third kappa shape index (κ3) is 2.95. The zero-order chi connectivity index (χ0) is 17.4. The molecule has 0 atom stereocenters. The second-order valence-corrected chi connectivity index (χ2v) is 6.42. The summed E-state index contributed by atoms with van der Waals surface area (Å²) in [6.45, 7) is 0.498. The summed E-state index contributed by atoms with van der Waals surface area (Å²) in [5, 5.41) is 6.81. The average molecular weight is 371 g/mol. The number of hydrogen-bond donors (Lipinski definition) is 0. The molecule has 0 amide bonds. The van der Waals surface area contributed by atoms with Crippen LogP contribution < -0.4 is 0 Å². The van der Waals surface area contributed by atoms with E-state index in [9.17, 15) is 4.79 Å². The van der Waals surface area contributed by atoms with E-state index in [2.05, 4.69) is 5.10 Å². The molecule has 0 N–H and O–H groups in total. The predicted molar refractivity (Wildman–Crippen MR) is 98.4 cm³/mol. The molecule has 0 unspecified atom stereocenters. The largest absolute Gasteiger partial charge is 0.452 e. The van der Waals surface area contributed by atoms with Crippen LogP contribution in [-0.2, 0) is 6.54 Å². The molecule has 4 aromatic rings. The van der Waals surface area contributed by atoms with Gasteiger partial charge < -0.3 is 4.42 Å². The van der Waals surface area contributed by atoms with Gasteiger partial charge in [0, 0.05) is 15.4 Å². The second kappa shape index (κ2) is 6.39. The third-order valence-electron chi connectivity index (χ3n) is 3.97. The van der Waals surface area contributed by atoms with Gasteiger partial charge in [-0.2, -0.15) is 5.10 Å². The molecule has 0 aliphatic carbocycles. The molecule has 2 aromatic heterocycles. The molecule has 0 aliphatic rings. The lowest BCUT2D eigenvalue weighted by Gasteiger charge is -2.06. The van der Waals surface area contributed by atoms with Crippen LogP contribution in [0, 0.1) is 0 Å². The third-order valence-corrected chi connectivity index (χ3v) is 4.56. The summed E-state index contributed by atoms with van der Waals surface area (Å²) in [6, 6.07) is 16.6. The maximum absolute atomic E-state index is 10.9. The van der Waals surface area contributed by atoms with Crippen molar-refractivity contribution in [2.75, 3.05) is 0 Å². The standard InChI is InChI=1S/C19H12Cl2N2O2/c20-13-6-5-12(16(21)9-13)10-23-17-4-2-1-3-15(17)19(22-23)18-8-7-14(11-24)25-18/h1-9,11H,10H2. The Morgan fingerprint density at radius 1 is 1.08 bits per heavy atom.